The number of halogens is 1. The van der Waals surface area contributed by atoms with E-state index in [1.165, 1.54) is 0 Å². The summed E-state index contributed by atoms with van der Waals surface area (Å²) in [6.07, 6.45) is 0. The van der Waals surface area contributed by atoms with Gasteiger partial charge in [-0.3, -0.25) is 4.79 Å². The molecule has 1 aromatic rings. The number of aryl methyl sites for hydroxylation is 1. The Labute approximate surface area is 74.8 Å². The lowest BCUT2D eigenvalue weighted by molar-refractivity contribution is -0.137. The third kappa shape index (κ3) is 1.58. The molecule has 1 rings (SSSR count). The summed E-state index contributed by atoms with van der Waals surface area (Å²) < 4.78 is 1.56. The first-order valence-electron chi connectivity index (χ1n) is 3.43. The van der Waals surface area contributed by atoms with Crippen molar-refractivity contribution in [1.29, 1.82) is 0 Å². The molecule has 5 heteroatoms. The Morgan fingerprint density at radius 2 is 2.25 bits per heavy atom. The molecule has 0 amide bonds. The number of carboxylic acid groups (broad SMARTS) is 1. The number of aliphatic carboxylic acids is 1. The summed E-state index contributed by atoms with van der Waals surface area (Å²) in [5.74, 6) is -0.268. The zero-order valence-electron chi connectivity index (χ0n) is 6.83. The van der Waals surface area contributed by atoms with Crippen LogP contribution in [-0.2, 0) is 11.3 Å². The van der Waals surface area contributed by atoms with Crippen molar-refractivity contribution in [3.8, 4) is 0 Å². The van der Waals surface area contributed by atoms with Crippen LogP contribution in [0.3, 0.4) is 0 Å². The minimum atomic E-state index is -0.893. The SMILES string of the molecule is Cc1nc(Cl)c(C)n1CC(=O)O. The van der Waals surface area contributed by atoms with Crippen molar-refractivity contribution in [3.05, 3.63) is 16.7 Å². The maximum atomic E-state index is 10.4. The van der Waals surface area contributed by atoms with E-state index in [1.807, 2.05) is 0 Å². The smallest absolute Gasteiger partial charge is 0.323 e. The molecule has 1 N–H and O–H groups in total. The lowest BCUT2D eigenvalue weighted by Gasteiger charge is -2.02. The number of imidazole rings is 1. The number of hydrogen-bond acceptors (Lipinski definition) is 2. The van der Waals surface area contributed by atoms with Crippen molar-refractivity contribution >= 4 is 17.6 Å². The quantitative estimate of drug-likeness (QED) is 0.760. The molecule has 66 valence electrons. The monoisotopic (exact) mass is 188 g/mol. The number of carbonyl (C=O) groups is 1. The molecule has 1 heterocycles. The molecule has 0 aliphatic heterocycles. The summed E-state index contributed by atoms with van der Waals surface area (Å²) in [5, 5.41) is 8.90. The zero-order chi connectivity index (χ0) is 9.30. The van der Waals surface area contributed by atoms with E-state index < -0.39 is 5.97 Å². The van der Waals surface area contributed by atoms with Gasteiger partial charge in [-0.15, -0.1) is 0 Å². The highest BCUT2D eigenvalue weighted by Gasteiger charge is 2.10. The zero-order valence-corrected chi connectivity index (χ0v) is 7.59. The van der Waals surface area contributed by atoms with Gasteiger partial charge in [0.25, 0.3) is 0 Å². The van der Waals surface area contributed by atoms with Gasteiger partial charge in [0.2, 0.25) is 0 Å². The fourth-order valence-electron chi connectivity index (χ4n) is 1.01. The van der Waals surface area contributed by atoms with Crippen LogP contribution in [0.5, 0.6) is 0 Å². The summed E-state index contributed by atoms with van der Waals surface area (Å²) in [5.41, 5.74) is 0.691. The number of aromatic nitrogens is 2. The van der Waals surface area contributed by atoms with Crippen LogP contribution in [0.4, 0.5) is 0 Å². The molecular weight excluding hydrogens is 180 g/mol. The van der Waals surface area contributed by atoms with E-state index in [0.717, 1.165) is 0 Å². The standard InChI is InChI=1S/C7H9ClN2O2/c1-4-7(8)9-5(2)10(4)3-6(11)12/h3H2,1-2H3,(H,11,12). The van der Waals surface area contributed by atoms with Crippen LogP contribution in [0.25, 0.3) is 0 Å². The van der Waals surface area contributed by atoms with E-state index in [-0.39, 0.29) is 6.54 Å². The second-order valence-corrected chi connectivity index (χ2v) is 2.87. The number of hydrogen-bond donors (Lipinski definition) is 1. The maximum absolute atomic E-state index is 10.4. The van der Waals surface area contributed by atoms with E-state index in [4.69, 9.17) is 16.7 Å². The summed E-state index contributed by atoms with van der Waals surface area (Å²) in [4.78, 5) is 14.3. The lowest BCUT2D eigenvalue weighted by atomic mass is 10.5. The highest BCUT2D eigenvalue weighted by molar-refractivity contribution is 6.30. The van der Waals surface area contributed by atoms with Gasteiger partial charge in [-0.1, -0.05) is 11.6 Å². The van der Waals surface area contributed by atoms with Crippen LogP contribution in [-0.4, -0.2) is 20.6 Å². The van der Waals surface area contributed by atoms with Gasteiger partial charge in [-0.05, 0) is 13.8 Å². The largest absolute Gasteiger partial charge is 0.480 e. The molecule has 0 spiro atoms. The molecule has 0 radical (unpaired) electrons. The molecule has 0 saturated carbocycles. The Hall–Kier alpha value is -1.03. The van der Waals surface area contributed by atoms with Crippen LogP contribution in [0.15, 0.2) is 0 Å². The second kappa shape index (κ2) is 3.15. The average molecular weight is 189 g/mol. The summed E-state index contributed by atoms with van der Waals surface area (Å²) in [6, 6.07) is 0. The molecule has 0 aliphatic rings. The number of rotatable bonds is 2. The van der Waals surface area contributed by atoms with Crippen molar-refractivity contribution in [3.63, 3.8) is 0 Å². The maximum Gasteiger partial charge on any atom is 0.323 e. The predicted molar refractivity (Wildman–Crippen MR) is 44.3 cm³/mol. The van der Waals surface area contributed by atoms with Gasteiger partial charge >= 0.3 is 5.97 Å². The van der Waals surface area contributed by atoms with Gasteiger partial charge < -0.3 is 9.67 Å². The summed E-state index contributed by atoms with van der Waals surface area (Å²) in [6.45, 7) is 3.38. The van der Waals surface area contributed by atoms with Crippen molar-refractivity contribution in [2.75, 3.05) is 0 Å². The highest BCUT2D eigenvalue weighted by Crippen LogP contribution is 2.14. The van der Waals surface area contributed by atoms with Gasteiger partial charge in [0.1, 0.15) is 17.5 Å². The van der Waals surface area contributed by atoms with Crippen LogP contribution < -0.4 is 0 Å². The Morgan fingerprint density at radius 1 is 1.67 bits per heavy atom. The van der Waals surface area contributed by atoms with Crippen LogP contribution >= 0.6 is 11.6 Å². The molecule has 12 heavy (non-hydrogen) atoms. The predicted octanol–water partition coefficient (Wildman–Crippen LogP) is 1.24. The van der Waals surface area contributed by atoms with Crippen LogP contribution in [0, 0.1) is 13.8 Å². The topological polar surface area (TPSA) is 55.1 Å². The summed E-state index contributed by atoms with van der Waals surface area (Å²) >= 11 is 5.69. The minimum Gasteiger partial charge on any atom is -0.480 e. The molecule has 0 aromatic carbocycles. The average Bonchev–Trinajstić information content (AvgIpc) is 2.16. The molecule has 4 nitrogen and oxygen atoms in total. The van der Waals surface area contributed by atoms with Crippen LogP contribution in [0.1, 0.15) is 11.5 Å². The van der Waals surface area contributed by atoms with Gasteiger partial charge in [-0.25, -0.2) is 4.98 Å². The highest BCUT2D eigenvalue weighted by atomic mass is 35.5. The summed E-state index contributed by atoms with van der Waals surface area (Å²) in [7, 11) is 0. The molecule has 1 aromatic heterocycles. The molecule has 0 bridgehead atoms. The number of nitrogens with zero attached hydrogens (tertiary/aromatic N) is 2. The number of carboxylic acids is 1. The fraction of sp³-hybridized carbons (Fsp3) is 0.429. The van der Waals surface area contributed by atoms with Crippen molar-refractivity contribution < 1.29 is 9.90 Å². The third-order valence-electron chi connectivity index (χ3n) is 1.65. The molecule has 0 aliphatic carbocycles. The van der Waals surface area contributed by atoms with Gasteiger partial charge in [0.05, 0.1) is 5.69 Å². The molecule has 0 unspecified atom stereocenters. The first-order valence-corrected chi connectivity index (χ1v) is 3.81. The second-order valence-electron chi connectivity index (χ2n) is 2.52. The van der Waals surface area contributed by atoms with Crippen molar-refractivity contribution in [2.24, 2.45) is 0 Å². The van der Waals surface area contributed by atoms with Gasteiger partial charge in [0, 0.05) is 0 Å². The van der Waals surface area contributed by atoms with Crippen LogP contribution in [0.2, 0.25) is 5.15 Å². The van der Waals surface area contributed by atoms with Crippen molar-refractivity contribution in [2.45, 2.75) is 20.4 Å². The molecule has 0 fully saturated rings. The molecule has 0 saturated heterocycles. The molecular formula is C7H9ClN2O2. The Bertz CT molecular complexity index is 319. The Morgan fingerprint density at radius 3 is 2.58 bits per heavy atom. The van der Waals surface area contributed by atoms with Crippen molar-refractivity contribution in [1.82, 2.24) is 9.55 Å². The normalized spacial score (nSPS) is 10.2. The molecule has 0 atom stereocenters. The lowest BCUT2D eigenvalue weighted by Crippen LogP contribution is -2.11. The van der Waals surface area contributed by atoms with Gasteiger partial charge in [0.15, 0.2) is 0 Å². The van der Waals surface area contributed by atoms with E-state index in [1.54, 1.807) is 18.4 Å². The Balaban J connectivity index is 3.05. The van der Waals surface area contributed by atoms with E-state index in [0.29, 0.717) is 16.7 Å². The van der Waals surface area contributed by atoms with E-state index in [2.05, 4.69) is 4.98 Å². The van der Waals surface area contributed by atoms with Gasteiger partial charge in [-0.2, -0.15) is 0 Å². The minimum absolute atomic E-state index is 0.0859. The Kier molecular flexibility index (Phi) is 2.38. The third-order valence-corrected chi connectivity index (χ3v) is 2.01. The van der Waals surface area contributed by atoms with E-state index in [9.17, 15) is 4.79 Å². The fourth-order valence-corrected chi connectivity index (χ4v) is 1.23. The first-order chi connectivity index (χ1) is 5.52. The first kappa shape index (κ1) is 9.06. The van der Waals surface area contributed by atoms with E-state index >= 15 is 0 Å².